The number of ether oxygens (including phenoxy) is 3. The number of rotatable bonds is 9. The molecular weight excluding hydrogens is 414 g/mol. The summed E-state index contributed by atoms with van der Waals surface area (Å²) in [5.41, 5.74) is -1.10. The number of carbonyl (C=O) groups excluding carboxylic acids is 3. The Kier molecular flexibility index (Phi) is 7.90. The number of esters is 3. The second kappa shape index (κ2) is 10.4. The highest BCUT2D eigenvalue weighted by atomic mass is 16.6. The summed E-state index contributed by atoms with van der Waals surface area (Å²) >= 11 is 0. The SMILES string of the molecule is CCOC(=O)COC(=O)C[N+]1(C)CC[C@@H](OC(=O)C(O)(c2ccccc2)C2CCCC2)C1. The molecule has 0 bridgehead atoms. The molecule has 0 amide bonds. The molecule has 0 aromatic heterocycles. The van der Waals surface area contributed by atoms with Gasteiger partial charge in [0.25, 0.3) is 0 Å². The zero-order valence-electron chi connectivity index (χ0n) is 19.0. The van der Waals surface area contributed by atoms with Gasteiger partial charge in [0.05, 0.1) is 20.2 Å². The van der Waals surface area contributed by atoms with E-state index in [2.05, 4.69) is 0 Å². The summed E-state index contributed by atoms with van der Waals surface area (Å²) in [6.07, 6.45) is 3.72. The number of quaternary nitrogens is 1. The minimum Gasteiger partial charge on any atom is -0.463 e. The van der Waals surface area contributed by atoms with Gasteiger partial charge in [-0.05, 0) is 25.3 Å². The largest absolute Gasteiger partial charge is 0.463 e. The minimum absolute atomic E-state index is 0.0685. The van der Waals surface area contributed by atoms with Crippen molar-refractivity contribution in [3.05, 3.63) is 35.9 Å². The molecule has 0 spiro atoms. The van der Waals surface area contributed by atoms with Gasteiger partial charge in [0.1, 0.15) is 6.54 Å². The van der Waals surface area contributed by atoms with Gasteiger partial charge in [0, 0.05) is 12.3 Å². The molecular formula is C24H34NO7+. The molecule has 2 aliphatic rings. The third-order valence-corrected chi connectivity index (χ3v) is 6.55. The van der Waals surface area contributed by atoms with Crippen LogP contribution in [-0.4, -0.2) is 73.5 Å². The molecule has 1 saturated carbocycles. The summed E-state index contributed by atoms with van der Waals surface area (Å²) in [4.78, 5) is 36.8. The molecule has 2 unspecified atom stereocenters. The van der Waals surface area contributed by atoms with Crippen molar-refractivity contribution >= 4 is 17.9 Å². The number of aliphatic hydroxyl groups is 1. The summed E-state index contributed by atoms with van der Waals surface area (Å²) in [6.45, 7) is 2.64. The van der Waals surface area contributed by atoms with Crippen LogP contribution in [0.5, 0.6) is 0 Å². The summed E-state index contributed by atoms with van der Waals surface area (Å²) in [5.74, 6) is -1.86. The Morgan fingerprint density at radius 1 is 1.06 bits per heavy atom. The molecule has 3 rings (SSSR count). The number of likely N-dealkylation sites (N-methyl/N-ethyl adjacent to an activating group) is 1. The topological polar surface area (TPSA) is 99.1 Å². The van der Waals surface area contributed by atoms with Crippen molar-refractivity contribution in [1.82, 2.24) is 0 Å². The van der Waals surface area contributed by atoms with Crippen molar-refractivity contribution in [2.75, 3.05) is 39.9 Å². The second-order valence-corrected chi connectivity index (χ2v) is 9.08. The molecule has 1 N–H and O–H groups in total. The predicted molar refractivity (Wildman–Crippen MR) is 115 cm³/mol. The summed E-state index contributed by atoms with van der Waals surface area (Å²) in [7, 11) is 1.89. The first-order chi connectivity index (χ1) is 15.3. The average molecular weight is 449 g/mol. The fourth-order valence-electron chi connectivity index (χ4n) is 4.87. The first kappa shape index (κ1) is 24.2. The van der Waals surface area contributed by atoms with Gasteiger partial charge in [-0.3, -0.25) is 0 Å². The number of likely N-dealkylation sites (tertiary alicyclic amines) is 1. The smallest absolute Gasteiger partial charge is 0.362 e. The lowest BCUT2D eigenvalue weighted by Crippen LogP contribution is -2.48. The molecule has 176 valence electrons. The van der Waals surface area contributed by atoms with E-state index in [0.29, 0.717) is 29.6 Å². The lowest BCUT2D eigenvalue weighted by atomic mass is 9.80. The predicted octanol–water partition coefficient (Wildman–Crippen LogP) is 1.93. The van der Waals surface area contributed by atoms with E-state index in [1.165, 1.54) is 0 Å². The van der Waals surface area contributed by atoms with Crippen molar-refractivity contribution in [1.29, 1.82) is 0 Å². The maximum Gasteiger partial charge on any atom is 0.362 e. The molecule has 8 nitrogen and oxygen atoms in total. The van der Waals surface area contributed by atoms with Gasteiger partial charge >= 0.3 is 17.9 Å². The molecule has 32 heavy (non-hydrogen) atoms. The van der Waals surface area contributed by atoms with E-state index in [-0.39, 0.29) is 19.1 Å². The van der Waals surface area contributed by atoms with Crippen LogP contribution in [0.3, 0.4) is 0 Å². The third-order valence-electron chi connectivity index (χ3n) is 6.55. The third kappa shape index (κ3) is 5.66. The second-order valence-electron chi connectivity index (χ2n) is 9.08. The van der Waals surface area contributed by atoms with Crippen molar-refractivity contribution in [2.45, 2.75) is 50.7 Å². The molecule has 1 aromatic rings. The van der Waals surface area contributed by atoms with Crippen molar-refractivity contribution in [3.63, 3.8) is 0 Å². The maximum atomic E-state index is 13.3. The molecule has 2 fully saturated rings. The van der Waals surface area contributed by atoms with Crippen LogP contribution in [0, 0.1) is 5.92 Å². The standard InChI is InChI=1S/C24H34NO7/c1-3-30-22(27)17-31-21(26)16-25(2)14-13-20(15-25)32-23(28)24(29,19-11-7-8-12-19)18-9-5-4-6-10-18/h4-6,9-10,19-20,29H,3,7-8,11-17H2,1-2H3/q+1/t20-,24?,25?/m1/s1. The van der Waals surface area contributed by atoms with Crippen LogP contribution in [0.25, 0.3) is 0 Å². The van der Waals surface area contributed by atoms with E-state index >= 15 is 0 Å². The van der Waals surface area contributed by atoms with Gasteiger partial charge in [-0.15, -0.1) is 0 Å². The highest BCUT2D eigenvalue weighted by Gasteiger charge is 2.50. The van der Waals surface area contributed by atoms with Crippen LogP contribution in [0.15, 0.2) is 30.3 Å². The number of benzene rings is 1. The number of nitrogens with zero attached hydrogens (tertiary/aromatic N) is 1. The van der Waals surface area contributed by atoms with E-state index in [1.807, 2.05) is 25.2 Å². The Bertz CT molecular complexity index is 808. The fraction of sp³-hybridized carbons (Fsp3) is 0.625. The lowest BCUT2D eigenvalue weighted by Gasteiger charge is -2.33. The Hall–Kier alpha value is -2.45. The van der Waals surface area contributed by atoms with E-state index < -0.39 is 36.2 Å². The van der Waals surface area contributed by atoms with Gasteiger partial charge in [-0.1, -0.05) is 43.2 Å². The molecule has 1 aliphatic heterocycles. The van der Waals surface area contributed by atoms with Gasteiger partial charge in [0.2, 0.25) is 0 Å². The molecule has 8 heteroatoms. The molecule has 3 atom stereocenters. The van der Waals surface area contributed by atoms with Crippen LogP contribution >= 0.6 is 0 Å². The van der Waals surface area contributed by atoms with Gasteiger partial charge in [0.15, 0.2) is 24.9 Å². The average Bonchev–Trinajstić information content (AvgIpc) is 3.43. The highest BCUT2D eigenvalue weighted by molar-refractivity contribution is 5.82. The quantitative estimate of drug-likeness (QED) is 0.350. The lowest BCUT2D eigenvalue weighted by molar-refractivity contribution is -0.891. The molecule has 1 saturated heterocycles. The fourth-order valence-corrected chi connectivity index (χ4v) is 4.87. The monoisotopic (exact) mass is 448 g/mol. The van der Waals surface area contributed by atoms with Crippen LogP contribution in [0.1, 0.15) is 44.6 Å². The normalized spacial score (nSPS) is 25.2. The Labute approximate surface area is 189 Å². The molecule has 1 aliphatic carbocycles. The van der Waals surface area contributed by atoms with E-state index in [0.717, 1.165) is 25.7 Å². The Morgan fingerprint density at radius 3 is 2.41 bits per heavy atom. The van der Waals surface area contributed by atoms with E-state index in [1.54, 1.807) is 19.1 Å². The Balaban J connectivity index is 1.60. The molecule has 0 radical (unpaired) electrons. The number of hydrogen-bond acceptors (Lipinski definition) is 7. The van der Waals surface area contributed by atoms with E-state index in [4.69, 9.17) is 14.2 Å². The number of carbonyl (C=O) groups is 3. The van der Waals surface area contributed by atoms with Crippen LogP contribution in [-0.2, 0) is 34.2 Å². The molecule has 1 aromatic carbocycles. The minimum atomic E-state index is -1.66. The van der Waals surface area contributed by atoms with Gasteiger partial charge in [-0.25, -0.2) is 14.4 Å². The highest BCUT2D eigenvalue weighted by Crippen LogP contribution is 2.42. The molecule has 1 heterocycles. The zero-order chi connectivity index (χ0) is 23.2. The van der Waals surface area contributed by atoms with Crippen molar-refractivity contribution in [2.24, 2.45) is 5.92 Å². The van der Waals surface area contributed by atoms with Crippen molar-refractivity contribution in [3.8, 4) is 0 Å². The van der Waals surface area contributed by atoms with E-state index in [9.17, 15) is 19.5 Å². The maximum absolute atomic E-state index is 13.3. The van der Waals surface area contributed by atoms with Gasteiger partial charge < -0.3 is 23.8 Å². The van der Waals surface area contributed by atoms with Crippen LogP contribution < -0.4 is 0 Å². The van der Waals surface area contributed by atoms with Gasteiger partial charge in [-0.2, -0.15) is 0 Å². The van der Waals surface area contributed by atoms with Crippen LogP contribution in [0.2, 0.25) is 0 Å². The van der Waals surface area contributed by atoms with Crippen molar-refractivity contribution < 1.29 is 38.2 Å². The summed E-state index contributed by atoms with van der Waals surface area (Å²) < 4.78 is 15.9. The first-order valence-corrected chi connectivity index (χ1v) is 11.4. The first-order valence-electron chi connectivity index (χ1n) is 11.4. The summed E-state index contributed by atoms with van der Waals surface area (Å²) in [5, 5.41) is 11.6. The number of hydrogen-bond donors (Lipinski definition) is 1. The van der Waals surface area contributed by atoms with Crippen LogP contribution in [0.4, 0.5) is 0 Å². The zero-order valence-corrected chi connectivity index (χ0v) is 19.0. The Morgan fingerprint density at radius 2 is 1.75 bits per heavy atom. The summed E-state index contributed by atoms with van der Waals surface area (Å²) in [6, 6.07) is 9.02.